The fourth-order valence-electron chi connectivity index (χ4n) is 2.35. The number of hydrogen-bond donors (Lipinski definition) is 2. The number of aromatic carboxylic acids is 1. The predicted molar refractivity (Wildman–Crippen MR) is 90.3 cm³/mol. The molecule has 0 aliphatic heterocycles. The smallest absolute Gasteiger partial charge is 0.389 e. The minimum atomic E-state index is -4.20. The average Bonchev–Trinajstić information content (AvgIpc) is 2.60. The lowest BCUT2D eigenvalue weighted by atomic mass is 10.1. The van der Waals surface area contributed by atoms with E-state index in [9.17, 15) is 22.8 Å². The Bertz CT molecular complexity index is 753. The van der Waals surface area contributed by atoms with Gasteiger partial charge >= 0.3 is 12.1 Å². The number of halogens is 3. The van der Waals surface area contributed by atoms with Gasteiger partial charge in [-0.25, -0.2) is 4.79 Å². The molecule has 1 amide bonds. The molecule has 0 bridgehead atoms. The molecule has 0 saturated carbocycles. The van der Waals surface area contributed by atoms with Crippen molar-refractivity contribution in [2.45, 2.75) is 25.4 Å². The molecule has 4 nitrogen and oxygen atoms in total. The first-order valence-corrected chi connectivity index (χ1v) is 8.01. The minimum absolute atomic E-state index is 0.113. The maximum absolute atomic E-state index is 12.2. The van der Waals surface area contributed by atoms with Crippen LogP contribution in [0.2, 0.25) is 0 Å². The van der Waals surface area contributed by atoms with Crippen molar-refractivity contribution in [3.8, 4) is 0 Å². The van der Waals surface area contributed by atoms with Gasteiger partial charge in [0.1, 0.15) is 0 Å². The number of rotatable bonds is 7. The molecule has 0 saturated heterocycles. The van der Waals surface area contributed by atoms with Gasteiger partial charge in [-0.05, 0) is 48.2 Å². The third-order valence-corrected chi connectivity index (χ3v) is 3.81. The van der Waals surface area contributed by atoms with E-state index in [1.807, 2.05) is 0 Å². The number of alkyl halides is 3. The van der Waals surface area contributed by atoms with E-state index in [4.69, 9.17) is 5.11 Å². The van der Waals surface area contributed by atoms with Crippen LogP contribution in [0, 0.1) is 0 Å². The van der Waals surface area contributed by atoms with E-state index in [1.54, 1.807) is 12.1 Å². The van der Waals surface area contributed by atoms with E-state index < -0.39 is 18.6 Å². The van der Waals surface area contributed by atoms with Gasteiger partial charge in [-0.1, -0.05) is 24.3 Å². The van der Waals surface area contributed by atoms with Crippen molar-refractivity contribution in [2.24, 2.45) is 0 Å². The summed E-state index contributed by atoms with van der Waals surface area (Å²) in [5, 5.41) is 11.6. The molecule has 0 aliphatic carbocycles. The molecule has 2 aromatic carbocycles. The normalized spacial score (nSPS) is 11.2. The predicted octanol–water partition coefficient (Wildman–Crippen LogP) is 3.85. The Hall–Kier alpha value is -2.83. The molecule has 2 N–H and O–H groups in total. The molecule has 0 atom stereocenters. The van der Waals surface area contributed by atoms with Gasteiger partial charge in [0.05, 0.1) is 5.56 Å². The zero-order valence-electron chi connectivity index (χ0n) is 13.8. The molecule has 2 rings (SSSR count). The van der Waals surface area contributed by atoms with Gasteiger partial charge < -0.3 is 10.4 Å². The average molecular weight is 365 g/mol. The number of aryl methyl sites for hydroxylation is 1. The van der Waals surface area contributed by atoms with E-state index in [-0.39, 0.29) is 17.9 Å². The fourth-order valence-corrected chi connectivity index (χ4v) is 2.35. The van der Waals surface area contributed by atoms with Crippen LogP contribution in [0.1, 0.15) is 38.3 Å². The highest BCUT2D eigenvalue weighted by Crippen LogP contribution is 2.22. The number of carboxylic acids is 1. The molecule has 2 aromatic rings. The minimum Gasteiger partial charge on any atom is -0.478 e. The quantitative estimate of drug-likeness (QED) is 0.783. The Morgan fingerprint density at radius 3 is 1.85 bits per heavy atom. The van der Waals surface area contributed by atoms with Gasteiger partial charge in [0.25, 0.3) is 5.91 Å². The van der Waals surface area contributed by atoms with Crippen molar-refractivity contribution in [1.29, 1.82) is 0 Å². The second-order valence-corrected chi connectivity index (χ2v) is 5.82. The number of carbonyl (C=O) groups excluding carboxylic acids is 1. The Balaban J connectivity index is 1.81. The van der Waals surface area contributed by atoms with Gasteiger partial charge in [-0.15, -0.1) is 0 Å². The van der Waals surface area contributed by atoms with Gasteiger partial charge in [-0.2, -0.15) is 13.2 Å². The fraction of sp³-hybridized carbons (Fsp3) is 0.263. The van der Waals surface area contributed by atoms with Crippen molar-refractivity contribution in [1.82, 2.24) is 5.32 Å². The van der Waals surface area contributed by atoms with Crippen LogP contribution in [-0.4, -0.2) is 29.7 Å². The van der Waals surface area contributed by atoms with Crippen LogP contribution in [0.4, 0.5) is 13.2 Å². The third kappa shape index (κ3) is 6.23. The summed E-state index contributed by atoms with van der Waals surface area (Å²) in [5.41, 5.74) is 1.99. The summed E-state index contributed by atoms with van der Waals surface area (Å²) in [7, 11) is 0. The molecule has 0 aromatic heterocycles. The number of nitrogens with one attached hydrogen (secondary N) is 1. The zero-order valence-corrected chi connectivity index (χ0v) is 13.8. The SMILES string of the molecule is O=C(O)c1ccc(CCNC(=O)c2ccc(CCC(F)(F)F)cc2)cc1. The Morgan fingerprint density at radius 1 is 0.846 bits per heavy atom. The van der Waals surface area contributed by atoms with Gasteiger partial charge in [0, 0.05) is 18.5 Å². The summed E-state index contributed by atoms with van der Waals surface area (Å²) in [6.07, 6.45) is -4.66. The van der Waals surface area contributed by atoms with E-state index in [2.05, 4.69) is 5.32 Å². The van der Waals surface area contributed by atoms with Crippen molar-refractivity contribution in [3.05, 3.63) is 70.8 Å². The van der Waals surface area contributed by atoms with Crippen LogP contribution < -0.4 is 5.32 Å². The number of carboxylic acid groups (broad SMARTS) is 1. The zero-order chi connectivity index (χ0) is 19.2. The summed E-state index contributed by atoms with van der Waals surface area (Å²) < 4.78 is 36.6. The Kier molecular flexibility index (Phi) is 6.38. The lowest BCUT2D eigenvalue weighted by molar-refractivity contribution is -0.134. The van der Waals surface area contributed by atoms with Crippen LogP contribution in [0.15, 0.2) is 48.5 Å². The Labute approximate surface area is 148 Å². The standard InChI is InChI=1S/C19H18F3NO3/c20-19(21,22)11-9-13-1-5-15(6-2-13)17(24)23-12-10-14-3-7-16(8-4-14)18(25)26/h1-8H,9-12H2,(H,23,24)(H,25,26). The van der Waals surface area contributed by atoms with Crippen molar-refractivity contribution in [3.63, 3.8) is 0 Å². The molecular weight excluding hydrogens is 347 g/mol. The topological polar surface area (TPSA) is 66.4 Å². The monoisotopic (exact) mass is 365 g/mol. The largest absolute Gasteiger partial charge is 0.478 e. The summed E-state index contributed by atoms with van der Waals surface area (Å²) >= 11 is 0. The first kappa shape index (κ1) is 19.5. The lowest BCUT2D eigenvalue weighted by Gasteiger charge is -2.08. The van der Waals surface area contributed by atoms with Gasteiger partial charge in [-0.3, -0.25) is 4.79 Å². The highest BCUT2D eigenvalue weighted by molar-refractivity contribution is 5.94. The van der Waals surface area contributed by atoms with E-state index in [0.29, 0.717) is 24.1 Å². The Morgan fingerprint density at radius 2 is 1.35 bits per heavy atom. The van der Waals surface area contributed by atoms with Crippen LogP contribution in [0.25, 0.3) is 0 Å². The van der Waals surface area contributed by atoms with Crippen LogP contribution in [0.3, 0.4) is 0 Å². The molecule has 138 valence electrons. The molecule has 0 fully saturated rings. The van der Waals surface area contributed by atoms with Crippen molar-refractivity contribution >= 4 is 11.9 Å². The first-order valence-electron chi connectivity index (χ1n) is 8.01. The second kappa shape index (κ2) is 8.51. The third-order valence-electron chi connectivity index (χ3n) is 3.81. The molecule has 0 radical (unpaired) electrons. The van der Waals surface area contributed by atoms with E-state index in [1.165, 1.54) is 36.4 Å². The van der Waals surface area contributed by atoms with Crippen LogP contribution in [-0.2, 0) is 12.8 Å². The summed E-state index contributed by atoms with van der Waals surface area (Å²) in [4.78, 5) is 22.8. The van der Waals surface area contributed by atoms with Crippen LogP contribution >= 0.6 is 0 Å². The first-order chi connectivity index (χ1) is 12.2. The number of carbonyl (C=O) groups is 2. The van der Waals surface area contributed by atoms with Crippen LogP contribution in [0.5, 0.6) is 0 Å². The summed E-state index contributed by atoms with van der Waals surface area (Å²) in [6, 6.07) is 12.4. The molecule has 0 spiro atoms. The van der Waals surface area contributed by atoms with Gasteiger partial charge in [0.2, 0.25) is 0 Å². The highest BCUT2D eigenvalue weighted by Gasteiger charge is 2.26. The molecule has 0 aliphatic rings. The van der Waals surface area contributed by atoms with Crippen molar-refractivity contribution in [2.75, 3.05) is 6.54 Å². The number of hydrogen-bond acceptors (Lipinski definition) is 2. The number of amides is 1. The lowest BCUT2D eigenvalue weighted by Crippen LogP contribution is -2.25. The molecule has 7 heteroatoms. The van der Waals surface area contributed by atoms with E-state index in [0.717, 1.165) is 5.56 Å². The van der Waals surface area contributed by atoms with E-state index >= 15 is 0 Å². The second-order valence-electron chi connectivity index (χ2n) is 5.82. The molecule has 0 unspecified atom stereocenters. The molecule has 26 heavy (non-hydrogen) atoms. The van der Waals surface area contributed by atoms with Crippen molar-refractivity contribution < 1.29 is 27.9 Å². The molecular formula is C19H18F3NO3. The highest BCUT2D eigenvalue weighted by atomic mass is 19.4. The summed E-state index contributed by atoms with van der Waals surface area (Å²) in [6.45, 7) is 0.362. The number of benzene rings is 2. The maximum atomic E-state index is 12.2. The van der Waals surface area contributed by atoms with Gasteiger partial charge in [0.15, 0.2) is 0 Å². The molecule has 0 heterocycles. The maximum Gasteiger partial charge on any atom is 0.389 e. The summed E-state index contributed by atoms with van der Waals surface area (Å²) in [5.74, 6) is -1.31.